The second kappa shape index (κ2) is 4.89. The molecule has 0 bridgehead atoms. The molecule has 1 aromatic heterocycles. The Bertz CT molecular complexity index is 699. The van der Waals surface area contributed by atoms with Gasteiger partial charge in [-0.25, -0.2) is 13.5 Å². The fourth-order valence-electron chi connectivity index (χ4n) is 2.21. The maximum Gasteiger partial charge on any atom is 0.498 e. The summed E-state index contributed by atoms with van der Waals surface area (Å²) in [4.78, 5) is 0. The van der Waals surface area contributed by atoms with E-state index in [2.05, 4.69) is 5.10 Å². The van der Waals surface area contributed by atoms with Crippen molar-refractivity contribution in [1.82, 2.24) is 9.78 Å². The minimum Gasteiger partial charge on any atom is -0.399 e. The minimum atomic E-state index is -0.912. The van der Waals surface area contributed by atoms with Crippen molar-refractivity contribution in [1.29, 1.82) is 0 Å². The molecule has 0 N–H and O–H groups in total. The van der Waals surface area contributed by atoms with Gasteiger partial charge in [-0.2, -0.15) is 5.10 Å². The summed E-state index contributed by atoms with van der Waals surface area (Å²) in [5, 5.41) is 4.16. The molecule has 116 valence electrons. The van der Waals surface area contributed by atoms with E-state index in [0.717, 1.165) is 17.6 Å². The molecule has 0 spiro atoms. The third kappa shape index (κ3) is 2.44. The van der Waals surface area contributed by atoms with Crippen molar-refractivity contribution in [3.63, 3.8) is 0 Å². The highest BCUT2D eigenvalue weighted by Gasteiger charge is 2.52. The van der Waals surface area contributed by atoms with Gasteiger partial charge in [0.1, 0.15) is 0 Å². The summed E-state index contributed by atoms with van der Waals surface area (Å²) in [6.07, 6.45) is 3.29. The first-order valence-electron chi connectivity index (χ1n) is 7.05. The number of benzene rings is 1. The van der Waals surface area contributed by atoms with Gasteiger partial charge in [0.05, 0.1) is 16.9 Å². The van der Waals surface area contributed by atoms with Gasteiger partial charge in [-0.05, 0) is 39.8 Å². The summed E-state index contributed by atoms with van der Waals surface area (Å²) in [6, 6.07) is 3.62. The molecule has 22 heavy (non-hydrogen) atoms. The second-order valence-corrected chi connectivity index (χ2v) is 6.40. The van der Waals surface area contributed by atoms with Crippen LogP contribution in [0, 0.1) is 11.6 Å². The Morgan fingerprint density at radius 1 is 1.05 bits per heavy atom. The Balaban J connectivity index is 1.87. The highest BCUT2D eigenvalue weighted by Crippen LogP contribution is 2.36. The van der Waals surface area contributed by atoms with E-state index in [-0.39, 0.29) is 0 Å². The molecular weight excluding hydrogens is 289 g/mol. The zero-order chi connectivity index (χ0) is 16.1. The van der Waals surface area contributed by atoms with Crippen molar-refractivity contribution >= 4 is 12.6 Å². The van der Waals surface area contributed by atoms with E-state index in [1.165, 1.54) is 10.7 Å². The summed E-state index contributed by atoms with van der Waals surface area (Å²) in [5.74, 6) is -1.80. The molecule has 1 saturated heterocycles. The van der Waals surface area contributed by atoms with Crippen LogP contribution < -0.4 is 5.46 Å². The highest BCUT2D eigenvalue weighted by molar-refractivity contribution is 6.62. The van der Waals surface area contributed by atoms with Crippen LogP contribution in [0.1, 0.15) is 27.7 Å². The highest BCUT2D eigenvalue weighted by atomic mass is 19.2. The summed E-state index contributed by atoms with van der Waals surface area (Å²) < 4.78 is 39.6. The quantitative estimate of drug-likeness (QED) is 0.800. The normalized spacial score (nSPS) is 19.6. The third-order valence-corrected chi connectivity index (χ3v) is 4.30. The van der Waals surface area contributed by atoms with Gasteiger partial charge >= 0.3 is 7.12 Å². The molecule has 3 rings (SSSR count). The Kier molecular flexibility index (Phi) is 3.38. The number of aromatic nitrogens is 2. The summed E-state index contributed by atoms with van der Waals surface area (Å²) in [7, 11) is -0.538. The lowest BCUT2D eigenvalue weighted by atomic mass is 9.82. The minimum absolute atomic E-state index is 0.432. The summed E-state index contributed by atoms with van der Waals surface area (Å²) >= 11 is 0. The van der Waals surface area contributed by atoms with Crippen LogP contribution in [0.15, 0.2) is 30.6 Å². The summed E-state index contributed by atoms with van der Waals surface area (Å²) in [6.45, 7) is 7.86. The number of rotatable bonds is 2. The molecule has 4 nitrogen and oxygen atoms in total. The number of hydrogen-bond donors (Lipinski definition) is 0. The van der Waals surface area contributed by atoms with E-state index in [9.17, 15) is 8.78 Å². The van der Waals surface area contributed by atoms with Crippen LogP contribution in [-0.4, -0.2) is 28.1 Å². The van der Waals surface area contributed by atoms with E-state index >= 15 is 0 Å². The molecule has 0 aliphatic carbocycles. The average molecular weight is 306 g/mol. The lowest BCUT2D eigenvalue weighted by Crippen LogP contribution is -2.41. The zero-order valence-corrected chi connectivity index (χ0v) is 12.9. The molecule has 2 aromatic rings. The molecule has 0 unspecified atom stereocenters. The van der Waals surface area contributed by atoms with Crippen molar-refractivity contribution in [2.75, 3.05) is 0 Å². The standard InChI is InChI=1S/C15H17BF2N2O2/c1-14(2)15(3,4)22-16(21-14)10-8-19-20(9-10)11-5-6-12(17)13(18)7-11/h5-9H,1-4H3. The fraction of sp³-hybridized carbons (Fsp3) is 0.400. The van der Waals surface area contributed by atoms with E-state index in [1.807, 2.05) is 27.7 Å². The molecule has 1 fully saturated rings. The van der Waals surface area contributed by atoms with Gasteiger partial charge in [0.15, 0.2) is 11.6 Å². The van der Waals surface area contributed by atoms with Crippen LogP contribution >= 0.6 is 0 Å². The first kappa shape index (κ1) is 15.2. The molecular formula is C15H17BF2N2O2. The fourth-order valence-corrected chi connectivity index (χ4v) is 2.21. The molecule has 0 radical (unpaired) electrons. The van der Waals surface area contributed by atoms with Crippen LogP contribution in [0.4, 0.5) is 8.78 Å². The predicted molar refractivity (Wildman–Crippen MR) is 79.2 cm³/mol. The molecule has 0 amide bonds. The van der Waals surface area contributed by atoms with Gasteiger partial charge in [-0.1, -0.05) is 0 Å². The average Bonchev–Trinajstić information content (AvgIpc) is 2.97. The SMILES string of the molecule is CC1(C)OB(c2cnn(-c3ccc(F)c(F)c3)c2)OC1(C)C. The lowest BCUT2D eigenvalue weighted by Gasteiger charge is -2.32. The summed E-state index contributed by atoms with van der Waals surface area (Å²) in [5.41, 5.74) is 0.272. The number of hydrogen-bond acceptors (Lipinski definition) is 3. The van der Waals surface area contributed by atoms with Gasteiger partial charge in [0, 0.05) is 23.9 Å². The van der Waals surface area contributed by atoms with Gasteiger partial charge in [0.25, 0.3) is 0 Å². The van der Waals surface area contributed by atoms with Gasteiger partial charge in [-0.3, -0.25) is 0 Å². The van der Waals surface area contributed by atoms with E-state index in [4.69, 9.17) is 9.31 Å². The van der Waals surface area contributed by atoms with Gasteiger partial charge < -0.3 is 9.31 Å². The van der Waals surface area contributed by atoms with E-state index in [0.29, 0.717) is 5.69 Å². The largest absolute Gasteiger partial charge is 0.498 e. The molecule has 1 aliphatic heterocycles. The van der Waals surface area contributed by atoms with Gasteiger partial charge in [0.2, 0.25) is 0 Å². The topological polar surface area (TPSA) is 36.3 Å². The maximum absolute atomic E-state index is 13.3. The first-order valence-corrected chi connectivity index (χ1v) is 7.05. The van der Waals surface area contributed by atoms with Gasteiger partial charge in [-0.15, -0.1) is 0 Å². The molecule has 0 atom stereocenters. The van der Waals surface area contributed by atoms with Crippen LogP contribution in [0.5, 0.6) is 0 Å². The molecule has 1 aromatic carbocycles. The van der Waals surface area contributed by atoms with E-state index in [1.54, 1.807) is 12.4 Å². The van der Waals surface area contributed by atoms with Crippen molar-refractivity contribution in [3.05, 3.63) is 42.2 Å². The zero-order valence-electron chi connectivity index (χ0n) is 12.9. The van der Waals surface area contributed by atoms with E-state index < -0.39 is 30.0 Å². The number of nitrogens with zero attached hydrogens (tertiary/aromatic N) is 2. The predicted octanol–water partition coefficient (Wildman–Crippen LogP) is 2.45. The van der Waals surface area contributed by atoms with Crippen LogP contribution in [0.2, 0.25) is 0 Å². The van der Waals surface area contributed by atoms with Crippen molar-refractivity contribution in [2.24, 2.45) is 0 Å². The monoisotopic (exact) mass is 306 g/mol. The van der Waals surface area contributed by atoms with Crippen LogP contribution in [0.25, 0.3) is 5.69 Å². The van der Waals surface area contributed by atoms with Crippen molar-refractivity contribution < 1.29 is 18.1 Å². The molecule has 0 saturated carbocycles. The van der Waals surface area contributed by atoms with Crippen LogP contribution in [0.3, 0.4) is 0 Å². The molecule has 7 heteroatoms. The maximum atomic E-state index is 13.3. The molecule has 1 aliphatic rings. The molecule has 2 heterocycles. The second-order valence-electron chi connectivity index (χ2n) is 6.40. The van der Waals surface area contributed by atoms with Crippen LogP contribution in [-0.2, 0) is 9.31 Å². The first-order chi connectivity index (χ1) is 10.2. The lowest BCUT2D eigenvalue weighted by molar-refractivity contribution is 0.00578. The Morgan fingerprint density at radius 3 is 2.27 bits per heavy atom. The smallest absolute Gasteiger partial charge is 0.399 e. The van der Waals surface area contributed by atoms with Crippen molar-refractivity contribution in [3.8, 4) is 5.69 Å². The Labute approximate surface area is 128 Å². The van der Waals surface area contributed by atoms with Crippen molar-refractivity contribution in [2.45, 2.75) is 38.9 Å². The third-order valence-electron chi connectivity index (χ3n) is 4.30. The Morgan fingerprint density at radius 2 is 1.68 bits per heavy atom. The Hall–Kier alpha value is -1.73. The number of halogens is 2.